The highest BCUT2D eigenvalue weighted by Gasteiger charge is 2.40. The average molecular weight is 498 g/mol. The molecule has 0 aliphatic carbocycles. The van der Waals surface area contributed by atoms with Crippen LogP contribution in [0, 0.1) is 12.8 Å². The van der Waals surface area contributed by atoms with E-state index in [2.05, 4.69) is 34.8 Å². The van der Waals surface area contributed by atoms with Crippen LogP contribution < -0.4 is 5.32 Å². The lowest BCUT2D eigenvalue weighted by Gasteiger charge is -2.41. The van der Waals surface area contributed by atoms with Crippen molar-refractivity contribution in [3.05, 3.63) is 30.2 Å². The van der Waals surface area contributed by atoms with Crippen LogP contribution in [-0.4, -0.2) is 98.7 Å². The minimum absolute atomic E-state index is 0.00111. The minimum Gasteiger partial charge on any atom is -0.465 e. The van der Waals surface area contributed by atoms with Gasteiger partial charge in [0.1, 0.15) is 5.52 Å². The Kier molecular flexibility index (Phi) is 7.82. The molecule has 3 unspecified atom stereocenters. The molecule has 10 heteroatoms. The molecule has 4 heterocycles. The summed E-state index contributed by atoms with van der Waals surface area (Å²) >= 11 is 0. The summed E-state index contributed by atoms with van der Waals surface area (Å²) in [6.07, 6.45) is 6.66. The van der Waals surface area contributed by atoms with Crippen molar-refractivity contribution in [1.29, 1.82) is 0 Å². The third-order valence-corrected chi connectivity index (χ3v) is 7.29. The van der Waals surface area contributed by atoms with Crippen LogP contribution in [0.5, 0.6) is 0 Å². The second-order valence-corrected chi connectivity index (χ2v) is 10.6. The van der Waals surface area contributed by atoms with Crippen molar-refractivity contribution in [2.24, 2.45) is 5.92 Å². The van der Waals surface area contributed by atoms with Gasteiger partial charge < -0.3 is 29.7 Å². The number of amides is 2. The first-order chi connectivity index (χ1) is 17.1. The molecule has 4 rings (SSSR count). The van der Waals surface area contributed by atoms with Gasteiger partial charge in [0.15, 0.2) is 5.82 Å². The van der Waals surface area contributed by atoms with Crippen LogP contribution in [0.2, 0.25) is 0 Å². The van der Waals surface area contributed by atoms with Gasteiger partial charge >= 0.3 is 6.09 Å². The molecule has 2 fully saturated rings. The molecule has 36 heavy (non-hydrogen) atoms. The fraction of sp³-hybridized carbons (Fsp3) is 0.615. The zero-order valence-electron chi connectivity index (χ0n) is 22.0. The number of fused-ring (bicyclic) bond motifs is 1. The maximum absolute atomic E-state index is 12.6. The first-order valence-electron chi connectivity index (χ1n) is 12.8. The summed E-state index contributed by atoms with van der Waals surface area (Å²) in [5.74, 6) is 0.868. The van der Waals surface area contributed by atoms with Crippen LogP contribution in [-0.2, 0) is 4.79 Å². The van der Waals surface area contributed by atoms with Crippen LogP contribution in [0.15, 0.2) is 24.5 Å². The Morgan fingerprint density at radius 2 is 2.06 bits per heavy atom. The molecular formula is C26H39N7O3. The summed E-state index contributed by atoms with van der Waals surface area (Å²) in [6, 6.07) is 2.28. The molecular weight excluding hydrogens is 458 g/mol. The number of imidazole rings is 1. The van der Waals surface area contributed by atoms with Gasteiger partial charge in [0.2, 0.25) is 5.91 Å². The summed E-state index contributed by atoms with van der Waals surface area (Å²) in [6.45, 7) is 8.65. The molecule has 2 N–H and O–H groups in total. The fourth-order valence-electron chi connectivity index (χ4n) is 5.44. The highest BCUT2D eigenvalue weighted by Crippen LogP contribution is 2.32. The number of nitrogens with one attached hydrogen (secondary N) is 1. The first kappa shape index (κ1) is 25.9. The summed E-state index contributed by atoms with van der Waals surface area (Å²) in [5, 5.41) is 13.5. The Bertz CT molecular complexity index is 1130. The maximum Gasteiger partial charge on any atom is 0.407 e. The van der Waals surface area contributed by atoms with Crippen LogP contribution >= 0.6 is 0 Å². The monoisotopic (exact) mass is 497 g/mol. The highest BCUT2D eigenvalue weighted by molar-refractivity contribution is 5.88. The van der Waals surface area contributed by atoms with Gasteiger partial charge in [-0.3, -0.25) is 4.79 Å². The second-order valence-electron chi connectivity index (χ2n) is 10.6. The number of pyridine rings is 1. The molecule has 2 aliphatic rings. The Labute approximate surface area is 213 Å². The lowest BCUT2D eigenvalue weighted by molar-refractivity contribution is -0.125. The number of carbonyl (C=O) groups excluding carboxylic acids is 1. The maximum atomic E-state index is 12.6. The number of carboxylic acid groups (broad SMARTS) is 1. The Morgan fingerprint density at radius 1 is 1.28 bits per heavy atom. The summed E-state index contributed by atoms with van der Waals surface area (Å²) in [4.78, 5) is 39.5. The average Bonchev–Trinajstić information content (AvgIpc) is 3.46. The van der Waals surface area contributed by atoms with Crippen molar-refractivity contribution in [3.8, 4) is 0 Å². The van der Waals surface area contributed by atoms with Crippen LogP contribution in [0.25, 0.3) is 11.0 Å². The van der Waals surface area contributed by atoms with E-state index in [0.717, 1.165) is 29.0 Å². The summed E-state index contributed by atoms with van der Waals surface area (Å²) in [5.41, 5.74) is 2.81. The molecule has 0 saturated carbocycles. The number of carbonyl (C=O) groups is 2. The van der Waals surface area contributed by atoms with Gasteiger partial charge in [-0.2, -0.15) is 0 Å². The van der Waals surface area contributed by atoms with Crippen molar-refractivity contribution in [3.63, 3.8) is 0 Å². The van der Waals surface area contributed by atoms with Crippen molar-refractivity contribution < 1.29 is 14.7 Å². The Morgan fingerprint density at radius 3 is 2.75 bits per heavy atom. The van der Waals surface area contributed by atoms with Crippen molar-refractivity contribution in [1.82, 2.24) is 29.2 Å². The van der Waals surface area contributed by atoms with Gasteiger partial charge in [-0.1, -0.05) is 6.08 Å². The molecule has 2 aliphatic heterocycles. The summed E-state index contributed by atoms with van der Waals surface area (Å²) < 4.78 is 2.14. The zero-order chi connectivity index (χ0) is 26.0. The number of nitrogens with zero attached hydrogens (tertiary/aromatic N) is 6. The van der Waals surface area contributed by atoms with E-state index in [-0.39, 0.29) is 23.9 Å². The highest BCUT2D eigenvalue weighted by atomic mass is 16.4. The molecule has 2 saturated heterocycles. The fourth-order valence-corrected chi connectivity index (χ4v) is 5.44. The molecule has 2 amide bonds. The molecule has 0 bridgehead atoms. The molecule has 0 spiro atoms. The van der Waals surface area contributed by atoms with Gasteiger partial charge in [-0.05, 0) is 66.1 Å². The topological polar surface area (TPSA) is 107 Å². The third-order valence-electron chi connectivity index (χ3n) is 7.29. The van der Waals surface area contributed by atoms with E-state index in [1.54, 1.807) is 11.0 Å². The van der Waals surface area contributed by atoms with E-state index >= 15 is 0 Å². The Balaban J connectivity index is 1.48. The van der Waals surface area contributed by atoms with Gasteiger partial charge in [0, 0.05) is 56.1 Å². The van der Waals surface area contributed by atoms with E-state index in [9.17, 15) is 14.7 Å². The standard InChI is InChI=1S/C26H39N7O3/c1-17(2)33-16-27-24-22(33)13-18(3)28-25(24)29-20-9-12-32(26(35)36)21(14-20)19-8-11-31(15-19)23(34)7-6-10-30(4)5/h6-7,13,16-17,19-21H,8-12,14-15H2,1-5H3,(H,28,29)(H,35,36)/b7-6+. The number of rotatable bonds is 7. The molecule has 2 aromatic heterocycles. The van der Waals surface area contributed by atoms with Gasteiger partial charge in [-0.15, -0.1) is 0 Å². The van der Waals surface area contributed by atoms with Gasteiger partial charge in [0.25, 0.3) is 0 Å². The third kappa shape index (κ3) is 5.64. The number of aromatic nitrogens is 3. The Hall–Kier alpha value is -3.14. The van der Waals surface area contributed by atoms with Crippen molar-refractivity contribution >= 4 is 28.9 Å². The molecule has 3 atom stereocenters. The molecule has 0 aromatic carbocycles. The van der Waals surface area contributed by atoms with Gasteiger partial charge in [-0.25, -0.2) is 14.8 Å². The minimum atomic E-state index is -0.888. The summed E-state index contributed by atoms with van der Waals surface area (Å²) in [7, 11) is 3.92. The molecule has 10 nitrogen and oxygen atoms in total. The number of likely N-dealkylation sites (N-methyl/N-ethyl adjacent to an activating group) is 1. The van der Waals surface area contributed by atoms with Crippen LogP contribution in [0.4, 0.5) is 10.6 Å². The van der Waals surface area contributed by atoms with E-state index in [4.69, 9.17) is 4.98 Å². The molecule has 0 radical (unpaired) electrons. The normalized spacial score (nSPS) is 22.9. The van der Waals surface area contributed by atoms with E-state index in [0.29, 0.717) is 45.1 Å². The lowest BCUT2D eigenvalue weighted by Crippen LogP contribution is -2.52. The second kappa shape index (κ2) is 10.9. The number of anilines is 1. The first-order valence-corrected chi connectivity index (χ1v) is 12.8. The molecule has 2 aromatic rings. The predicted octanol–water partition coefficient (Wildman–Crippen LogP) is 3.21. The lowest BCUT2D eigenvalue weighted by atomic mass is 9.87. The number of hydrogen-bond acceptors (Lipinski definition) is 6. The predicted molar refractivity (Wildman–Crippen MR) is 140 cm³/mol. The van der Waals surface area contributed by atoms with Crippen LogP contribution in [0.1, 0.15) is 44.8 Å². The van der Waals surface area contributed by atoms with Crippen molar-refractivity contribution in [2.45, 2.75) is 58.2 Å². The zero-order valence-corrected chi connectivity index (χ0v) is 22.0. The van der Waals surface area contributed by atoms with Crippen molar-refractivity contribution in [2.75, 3.05) is 45.6 Å². The number of likely N-dealkylation sites (tertiary alicyclic amines) is 2. The number of aryl methyl sites for hydroxylation is 1. The van der Waals surface area contributed by atoms with Crippen LogP contribution in [0.3, 0.4) is 0 Å². The van der Waals surface area contributed by atoms with E-state index in [1.165, 1.54) is 0 Å². The van der Waals surface area contributed by atoms with Gasteiger partial charge in [0.05, 0.1) is 11.8 Å². The molecule has 196 valence electrons. The number of piperidine rings is 1. The quantitative estimate of drug-likeness (QED) is 0.566. The largest absolute Gasteiger partial charge is 0.465 e. The van der Waals surface area contributed by atoms with E-state index in [1.807, 2.05) is 43.2 Å². The van der Waals surface area contributed by atoms with E-state index < -0.39 is 6.09 Å². The number of hydrogen-bond donors (Lipinski definition) is 2. The smallest absolute Gasteiger partial charge is 0.407 e. The SMILES string of the molecule is Cc1cc2c(ncn2C(C)C)c(NC2CCN(C(=O)O)C(C3CCN(C(=O)/C=C/CN(C)C)C3)C2)n1.